The maximum absolute atomic E-state index is 10.6. The second-order valence-electron chi connectivity index (χ2n) is 17.6. The minimum Gasteiger partial charge on any atom is -0.389 e. The summed E-state index contributed by atoms with van der Waals surface area (Å²) in [6, 6.07) is 0.228. The molecule has 3 N–H and O–H groups in total. The summed E-state index contributed by atoms with van der Waals surface area (Å²) >= 11 is 0. The Morgan fingerprint density at radius 1 is 0.952 bits per heavy atom. The molecule has 8 fully saturated rings. The Kier molecular flexibility index (Phi) is 6.68. The van der Waals surface area contributed by atoms with Crippen molar-refractivity contribution in [2.75, 3.05) is 32.9 Å². The molecule has 42 heavy (non-hydrogen) atoms. The van der Waals surface area contributed by atoms with Crippen LogP contribution < -0.4 is 5.73 Å². The van der Waals surface area contributed by atoms with Crippen molar-refractivity contribution in [3.63, 3.8) is 0 Å². The first-order valence-corrected chi connectivity index (χ1v) is 17.6. The highest BCUT2D eigenvalue weighted by Crippen LogP contribution is 2.87. The van der Waals surface area contributed by atoms with Gasteiger partial charge in [0.25, 0.3) is 0 Å². The molecule has 3 saturated heterocycles. The van der Waals surface area contributed by atoms with E-state index in [0.717, 1.165) is 57.1 Å². The van der Waals surface area contributed by atoms with Crippen LogP contribution in [0.4, 0.5) is 0 Å². The number of nitrogens with zero attached hydrogens (tertiary/aromatic N) is 1. The van der Waals surface area contributed by atoms with Crippen molar-refractivity contribution in [2.45, 2.75) is 141 Å². The minimum absolute atomic E-state index is 0.0229. The van der Waals surface area contributed by atoms with Crippen LogP contribution in [0.1, 0.15) is 98.8 Å². The fourth-order valence-electron chi connectivity index (χ4n) is 12.9. The van der Waals surface area contributed by atoms with Crippen LogP contribution in [0.15, 0.2) is 0 Å². The van der Waals surface area contributed by atoms with E-state index in [1.54, 1.807) is 0 Å². The molecule has 0 aromatic rings. The third-order valence-electron chi connectivity index (χ3n) is 15.3. The van der Waals surface area contributed by atoms with Crippen LogP contribution in [0.25, 0.3) is 0 Å². The summed E-state index contributed by atoms with van der Waals surface area (Å²) in [6.07, 6.45) is 13.4. The van der Waals surface area contributed by atoms with Crippen LogP contribution in [0.3, 0.4) is 0 Å². The van der Waals surface area contributed by atoms with E-state index in [9.17, 15) is 5.11 Å². The molecule has 0 amide bonds. The van der Waals surface area contributed by atoms with Crippen LogP contribution >= 0.6 is 0 Å². The van der Waals surface area contributed by atoms with Gasteiger partial charge in [0.15, 0.2) is 6.29 Å². The Bertz CT molecular complexity index is 1060. The Balaban J connectivity index is 0.971. The molecular weight excluding hydrogens is 528 g/mol. The lowest BCUT2D eigenvalue weighted by atomic mass is 9.46. The van der Waals surface area contributed by atoms with E-state index in [-0.39, 0.29) is 30.0 Å². The normalized spacial score (nSPS) is 52.6. The SMILES string of the molecule is CC12CC[C@@]34CC35CC[C@H](OC3CN(C6COC6)CCO3)C(C)(C)C5CCC4C1CC1OC([C@H](N)C(C)(C)O)CCC12. The largest absolute Gasteiger partial charge is 0.389 e. The standard InChI is InChI=1S/C35H58N2O5/c1-31(2)27-9-7-22-24-16-26-23(6-8-25(41-26)30(36)32(3,4)38)33(24,5)12-13-34(22)20-35(27,34)11-10-28(31)42-29-17-37(14-15-40-29)21-18-39-19-21/h21-30,38H,6-20,36H2,1-5H3/t22?,23?,24?,25?,26?,27?,28-,29?,30-,33?,34-,35?/m0/s1. The number of hydrogen-bond acceptors (Lipinski definition) is 7. The molecule has 0 aromatic heterocycles. The van der Waals surface area contributed by atoms with E-state index in [1.165, 1.54) is 57.8 Å². The molecule has 7 heteroatoms. The van der Waals surface area contributed by atoms with Gasteiger partial charge in [0, 0.05) is 6.54 Å². The summed E-state index contributed by atoms with van der Waals surface area (Å²) in [7, 11) is 0. The van der Waals surface area contributed by atoms with Crippen molar-refractivity contribution >= 4 is 0 Å². The molecule has 3 aliphatic heterocycles. The Hall–Kier alpha value is -0.280. The van der Waals surface area contributed by atoms with E-state index >= 15 is 0 Å². The molecule has 5 aliphatic carbocycles. The fraction of sp³-hybridized carbons (Fsp3) is 1.00. The Morgan fingerprint density at radius 3 is 2.48 bits per heavy atom. The van der Waals surface area contributed by atoms with Crippen molar-refractivity contribution in [1.29, 1.82) is 0 Å². The van der Waals surface area contributed by atoms with Gasteiger partial charge in [-0.1, -0.05) is 20.8 Å². The van der Waals surface area contributed by atoms with Gasteiger partial charge in [-0.15, -0.1) is 0 Å². The lowest BCUT2D eigenvalue weighted by Crippen LogP contribution is -2.58. The maximum Gasteiger partial charge on any atom is 0.170 e. The molecule has 9 unspecified atom stereocenters. The first kappa shape index (κ1) is 29.1. The topological polar surface area (TPSA) is 86.4 Å². The number of rotatable bonds is 5. The number of morpholine rings is 1. The number of aliphatic hydroxyl groups is 1. The summed E-state index contributed by atoms with van der Waals surface area (Å²) in [4.78, 5) is 2.53. The van der Waals surface area contributed by atoms with Crippen LogP contribution in [0.5, 0.6) is 0 Å². The quantitative estimate of drug-likeness (QED) is 0.482. The molecule has 0 radical (unpaired) electrons. The highest BCUT2D eigenvalue weighted by molar-refractivity contribution is 5.29. The molecule has 3 heterocycles. The van der Waals surface area contributed by atoms with Gasteiger partial charge in [-0.25, -0.2) is 0 Å². The number of hydrogen-bond donors (Lipinski definition) is 2. The third-order valence-corrected chi connectivity index (χ3v) is 15.3. The highest BCUT2D eigenvalue weighted by atomic mass is 16.7. The zero-order valence-corrected chi connectivity index (χ0v) is 27.0. The predicted molar refractivity (Wildman–Crippen MR) is 161 cm³/mol. The van der Waals surface area contributed by atoms with Gasteiger partial charge in [0.05, 0.1) is 62.4 Å². The van der Waals surface area contributed by atoms with E-state index in [1.807, 2.05) is 13.8 Å². The van der Waals surface area contributed by atoms with Gasteiger partial charge in [0.1, 0.15) is 0 Å². The van der Waals surface area contributed by atoms with E-state index < -0.39 is 5.60 Å². The summed E-state index contributed by atoms with van der Waals surface area (Å²) < 4.78 is 25.4. The van der Waals surface area contributed by atoms with Crippen molar-refractivity contribution in [3.8, 4) is 0 Å². The number of nitrogens with two attached hydrogens (primary N) is 1. The highest BCUT2D eigenvalue weighted by Gasteiger charge is 2.80. The first-order valence-electron chi connectivity index (χ1n) is 17.6. The number of ether oxygens (including phenoxy) is 4. The average molecular weight is 587 g/mol. The van der Waals surface area contributed by atoms with Crippen molar-refractivity contribution in [1.82, 2.24) is 4.90 Å². The molecule has 0 bridgehead atoms. The summed E-state index contributed by atoms with van der Waals surface area (Å²) in [6.45, 7) is 15.7. The Morgan fingerprint density at radius 2 is 1.74 bits per heavy atom. The molecule has 5 saturated carbocycles. The first-order chi connectivity index (χ1) is 19.9. The second-order valence-corrected chi connectivity index (χ2v) is 17.6. The van der Waals surface area contributed by atoms with Crippen LogP contribution in [0.2, 0.25) is 0 Å². The van der Waals surface area contributed by atoms with Gasteiger partial charge in [0.2, 0.25) is 0 Å². The summed E-state index contributed by atoms with van der Waals surface area (Å²) in [5.74, 6) is 3.02. The van der Waals surface area contributed by atoms with E-state index in [2.05, 4.69) is 25.7 Å². The molecule has 8 aliphatic rings. The molecule has 7 nitrogen and oxygen atoms in total. The zero-order valence-electron chi connectivity index (χ0n) is 27.0. The van der Waals surface area contributed by atoms with Crippen molar-refractivity contribution < 1.29 is 24.1 Å². The van der Waals surface area contributed by atoms with Crippen LogP contribution in [-0.2, 0) is 18.9 Å². The monoisotopic (exact) mass is 586 g/mol. The lowest BCUT2D eigenvalue weighted by Gasteiger charge is -2.60. The smallest absolute Gasteiger partial charge is 0.170 e. The fourth-order valence-corrected chi connectivity index (χ4v) is 12.9. The zero-order chi connectivity index (χ0) is 29.3. The molecule has 2 spiro atoms. The second kappa shape index (κ2) is 9.62. The van der Waals surface area contributed by atoms with Gasteiger partial charge in [-0.3, -0.25) is 4.90 Å². The molecular formula is C35H58N2O5. The van der Waals surface area contributed by atoms with Gasteiger partial charge < -0.3 is 29.8 Å². The van der Waals surface area contributed by atoms with Gasteiger partial charge in [-0.05, 0) is 123 Å². The summed E-state index contributed by atoms with van der Waals surface area (Å²) in [5, 5.41) is 10.6. The van der Waals surface area contributed by atoms with E-state index in [4.69, 9.17) is 24.7 Å². The Labute approximate surface area is 253 Å². The summed E-state index contributed by atoms with van der Waals surface area (Å²) in [5.41, 5.74) is 7.24. The van der Waals surface area contributed by atoms with Gasteiger partial charge >= 0.3 is 0 Å². The average Bonchev–Trinajstić information content (AvgIpc) is 3.48. The number of fused-ring (bicyclic) bond motifs is 4. The lowest BCUT2D eigenvalue weighted by molar-refractivity contribution is -0.253. The molecule has 0 aromatic carbocycles. The van der Waals surface area contributed by atoms with Crippen LogP contribution in [-0.4, -0.2) is 85.2 Å². The van der Waals surface area contributed by atoms with Crippen molar-refractivity contribution in [3.05, 3.63) is 0 Å². The molecule has 12 atom stereocenters. The van der Waals surface area contributed by atoms with Crippen molar-refractivity contribution in [2.24, 2.45) is 51.1 Å². The third kappa shape index (κ3) is 4.02. The molecule has 238 valence electrons. The van der Waals surface area contributed by atoms with Crippen LogP contribution in [0, 0.1) is 45.3 Å². The van der Waals surface area contributed by atoms with Gasteiger partial charge in [-0.2, -0.15) is 0 Å². The molecule has 8 rings (SSSR count). The predicted octanol–water partition coefficient (Wildman–Crippen LogP) is 4.73. The minimum atomic E-state index is -0.904. The van der Waals surface area contributed by atoms with E-state index in [0.29, 0.717) is 34.3 Å². The maximum atomic E-state index is 10.6.